The number of fused-ring (bicyclic) bond motifs is 7. The molecular formula is C48H35N3. The molecule has 0 fully saturated rings. The van der Waals surface area contributed by atoms with Crippen molar-refractivity contribution >= 4 is 83.0 Å². The van der Waals surface area contributed by atoms with Crippen molar-refractivity contribution in [1.29, 1.82) is 0 Å². The molecule has 2 aromatic heterocycles. The summed E-state index contributed by atoms with van der Waals surface area (Å²) in [4.78, 5) is 4.87. The zero-order valence-corrected chi connectivity index (χ0v) is 28.6. The second-order valence-corrected chi connectivity index (χ2v) is 13.6. The molecule has 0 radical (unpaired) electrons. The van der Waals surface area contributed by atoms with Gasteiger partial charge >= 0.3 is 0 Å². The molecule has 10 aromatic rings. The Morgan fingerprint density at radius 1 is 0.392 bits per heavy atom. The van der Waals surface area contributed by atoms with E-state index in [1.165, 1.54) is 71.4 Å². The molecule has 3 heteroatoms. The van der Waals surface area contributed by atoms with Gasteiger partial charge in [0.15, 0.2) is 0 Å². The van der Waals surface area contributed by atoms with E-state index >= 15 is 0 Å². The van der Waals surface area contributed by atoms with Gasteiger partial charge < -0.3 is 14.2 Å². The molecule has 8 aromatic carbocycles. The Morgan fingerprint density at radius 3 is 1.61 bits per heavy atom. The highest BCUT2D eigenvalue weighted by Gasteiger charge is 2.27. The van der Waals surface area contributed by atoms with Crippen molar-refractivity contribution in [3.63, 3.8) is 0 Å². The van der Waals surface area contributed by atoms with Crippen LogP contribution in [0.15, 0.2) is 176 Å². The average molecular weight is 654 g/mol. The molecule has 0 N–H and O–H groups in total. The molecule has 0 unspecified atom stereocenters. The van der Waals surface area contributed by atoms with E-state index in [1.807, 2.05) is 0 Å². The fourth-order valence-corrected chi connectivity index (χ4v) is 8.25. The summed E-state index contributed by atoms with van der Waals surface area (Å²) in [6.45, 7) is 4.34. The van der Waals surface area contributed by atoms with Crippen molar-refractivity contribution in [2.24, 2.45) is 0 Å². The van der Waals surface area contributed by atoms with E-state index in [2.05, 4.69) is 204 Å². The number of nitrogens with zero attached hydrogens (tertiary/aromatic N) is 3. The third kappa shape index (κ3) is 4.52. The molecule has 0 saturated carbocycles. The van der Waals surface area contributed by atoms with Crippen LogP contribution in [-0.2, 0) is 0 Å². The third-order valence-electron chi connectivity index (χ3n) is 10.3. The standard InChI is InChI=1S/C48H35N3/c1-32-15-11-22-37(29-32)49(35-18-5-3-6-19-35)42-27-14-28-43-45(42)40-25-13-26-41-46-44(51(43)47(40)41)31-34-17-9-10-24-39(34)48(46)50(36-20-7-4-8-21-36)38-23-12-16-33(2)30-38/h3-31H,1-2H3. The number of hydrogen-bond acceptors (Lipinski definition) is 2. The number of hydrogen-bond donors (Lipinski definition) is 0. The summed E-state index contributed by atoms with van der Waals surface area (Å²) >= 11 is 0. The Balaban J connectivity index is 1.35. The maximum atomic E-state index is 2.52. The van der Waals surface area contributed by atoms with Crippen LogP contribution in [0.2, 0.25) is 0 Å². The van der Waals surface area contributed by atoms with Gasteiger partial charge in [0.2, 0.25) is 0 Å². The number of aromatic nitrogens is 1. The molecule has 0 aliphatic heterocycles. The van der Waals surface area contributed by atoms with Crippen LogP contribution in [0.25, 0.3) is 48.9 Å². The predicted octanol–water partition coefficient (Wildman–Crippen LogP) is 13.5. The quantitative estimate of drug-likeness (QED) is 0.177. The van der Waals surface area contributed by atoms with Gasteiger partial charge in [0.05, 0.1) is 27.9 Å². The molecule has 0 aliphatic carbocycles. The Bertz CT molecular complexity index is 2890. The van der Waals surface area contributed by atoms with E-state index in [9.17, 15) is 0 Å². The van der Waals surface area contributed by atoms with E-state index in [1.54, 1.807) is 0 Å². The van der Waals surface area contributed by atoms with Crippen molar-refractivity contribution in [1.82, 2.24) is 4.40 Å². The number of rotatable bonds is 6. The molecule has 2 heterocycles. The summed E-state index contributed by atoms with van der Waals surface area (Å²) in [5.41, 5.74) is 13.0. The number of benzene rings is 8. The van der Waals surface area contributed by atoms with Crippen molar-refractivity contribution in [2.45, 2.75) is 13.8 Å². The van der Waals surface area contributed by atoms with Crippen LogP contribution in [0.3, 0.4) is 0 Å². The molecule has 0 atom stereocenters. The molecule has 0 aliphatic rings. The van der Waals surface area contributed by atoms with Crippen LogP contribution in [0, 0.1) is 13.8 Å². The summed E-state index contributed by atoms with van der Waals surface area (Å²) in [6.07, 6.45) is 0. The molecule has 0 spiro atoms. The van der Waals surface area contributed by atoms with Gasteiger partial charge in [0, 0.05) is 49.7 Å². The molecule has 3 nitrogen and oxygen atoms in total. The molecular weight excluding hydrogens is 619 g/mol. The fourth-order valence-electron chi connectivity index (χ4n) is 8.25. The van der Waals surface area contributed by atoms with Gasteiger partial charge in [-0.2, -0.15) is 0 Å². The lowest BCUT2D eigenvalue weighted by Crippen LogP contribution is -2.11. The van der Waals surface area contributed by atoms with Crippen LogP contribution >= 0.6 is 0 Å². The highest BCUT2D eigenvalue weighted by atomic mass is 15.2. The zero-order valence-electron chi connectivity index (χ0n) is 28.6. The smallest absolute Gasteiger partial charge is 0.0640 e. The van der Waals surface area contributed by atoms with Crippen molar-refractivity contribution in [3.8, 4) is 0 Å². The Morgan fingerprint density at radius 2 is 0.922 bits per heavy atom. The average Bonchev–Trinajstić information content (AvgIpc) is 3.69. The highest BCUT2D eigenvalue weighted by Crippen LogP contribution is 2.51. The molecule has 10 rings (SSSR count). The molecule has 0 amide bonds. The lowest BCUT2D eigenvalue weighted by atomic mass is 9.99. The number of anilines is 6. The summed E-state index contributed by atoms with van der Waals surface area (Å²) in [7, 11) is 0. The first-order valence-corrected chi connectivity index (χ1v) is 17.6. The van der Waals surface area contributed by atoms with E-state index in [-0.39, 0.29) is 0 Å². The summed E-state index contributed by atoms with van der Waals surface area (Å²) in [6, 6.07) is 64.1. The normalized spacial score (nSPS) is 11.7. The topological polar surface area (TPSA) is 10.9 Å². The fraction of sp³-hybridized carbons (Fsp3) is 0.0417. The molecule has 51 heavy (non-hydrogen) atoms. The van der Waals surface area contributed by atoms with Crippen molar-refractivity contribution in [2.75, 3.05) is 9.80 Å². The Hall–Kier alpha value is -6.58. The Kier molecular flexibility index (Phi) is 6.62. The molecule has 0 saturated heterocycles. The number of aryl methyl sites for hydroxylation is 2. The van der Waals surface area contributed by atoms with Gasteiger partial charge in [-0.1, -0.05) is 109 Å². The second kappa shape index (κ2) is 11.5. The first kappa shape index (κ1) is 29.3. The van der Waals surface area contributed by atoms with Gasteiger partial charge in [-0.25, -0.2) is 0 Å². The third-order valence-corrected chi connectivity index (χ3v) is 10.3. The van der Waals surface area contributed by atoms with Gasteiger partial charge in [-0.15, -0.1) is 0 Å². The Labute approximate surface area is 297 Å². The SMILES string of the molecule is Cc1cccc(N(c2ccccc2)c2cccc3c2c2cccc4c5c(N(c6ccccc6)c6cccc(C)c6)c6ccccc6cc5n3c24)c1. The minimum atomic E-state index is 1.13. The minimum absolute atomic E-state index is 1.13. The minimum Gasteiger partial charge on any atom is -0.310 e. The van der Waals surface area contributed by atoms with Crippen LogP contribution in [0.1, 0.15) is 11.1 Å². The van der Waals surface area contributed by atoms with Gasteiger partial charge in [-0.3, -0.25) is 0 Å². The van der Waals surface area contributed by atoms with Crippen molar-refractivity contribution in [3.05, 3.63) is 187 Å². The maximum absolute atomic E-state index is 2.52. The van der Waals surface area contributed by atoms with Gasteiger partial charge in [0.1, 0.15) is 0 Å². The highest BCUT2D eigenvalue weighted by molar-refractivity contribution is 6.31. The lowest BCUT2D eigenvalue weighted by molar-refractivity contribution is 1.28. The van der Waals surface area contributed by atoms with E-state index in [4.69, 9.17) is 0 Å². The van der Waals surface area contributed by atoms with E-state index in [0.717, 1.165) is 22.7 Å². The van der Waals surface area contributed by atoms with Crippen LogP contribution in [-0.4, -0.2) is 4.40 Å². The molecule has 0 bridgehead atoms. The van der Waals surface area contributed by atoms with E-state index in [0.29, 0.717) is 0 Å². The van der Waals surface area contributed by atoms with Crippen LogP contribution in [0.4, 0.5) is 34.1 Å². The largest absolute Gasteiger partial charge is 0.310 e. The first-order chi connectivity index (χ1) is 25.2. The summed E-state index contributed by atoms with van der Waals surface area (Å²) in [5.74, 6) is 0. The lowest BCUT2D eigenvalue weighted by Gasteiger charge is -2.28. The maximum Gasteiger partial charge on any atom is 0.0640 e. The zero-order chi connectivity index (χ0) is 34.1. The van der Waals surface area contributed by atoms with Gasteiger partial charge in [0.25, 0.3) is 0 Å². The van der Waals surface area contributed by atoms with Crippen LogP contribution in [0.5, 0.6) is 0 Å². The van der Waals surface area contributed by atoms with Gasteiger partial charge in [-0.05, 0) is 97.1 Å². The molecule has 242 valence electrons. The first-order valence-electron chi connectivity index (χ1n) is 17.6. The summed E-state index contributed by atoms with van der Waals surface area (Å²) in [5, 5.41) is 7.44. The predicted molar refractivity (Wildman–Crippen MR) is 217 cm³/mol. The monoisotopic (exact) mass is 653 g/mol. The summed E-state index contributed by atoms with van der Waals surface area (Å²) < 4.78 is 2.52. The number of para-hydroxylation sites is 3. The van der Waals surface area contributed by atoms with Crippen molar-refractivity contribution < 1.29 is 0 Å². The second-order valence-electron chi connectivity index (χ2n) is 13.6. The van der Waals surface area contributed by atoms with E-state index < -0.39 is 0 Å². The van der Waals surface area contributed by atoms with Crippen LogP contribution < -0.4 is 9.80 Å².